The molecule has 16 heavy (non-hydrogen) atoms. The lowest BCUT2D eigenvalue weighted by Gasteiger charge is -2.32. The highest BCUT2D eigenvalue weighted by molar-refractivity contribution is 6.68. The van der Waals surface area contributed by atoms with Crippen molar-refractivity contribution in [3.8, 4) is 0 Å². The zero-order chi connectivity index (χ0) is 12.6. The second kappa shape index (κ2) is 4.69. The SMILES string of the molecule is FC(F)(F)N(c1ccc(Cl)cc1)C(Cl)(Cl)Cl. The van der Waals surface area contributed by atoms with Gasteiger partial charge in [0.2, 0.25) is 0 Å². The molecule has 1 aromatic rings. The van der Waals surface area contributed by atoms with Gasteiger partial charge in [0, 0.05) is 10.7 Å². The van der Waals surface area contributed by atoms with Gasteiger partial charge in [-0.3, -0.25) is 0 Å². The van der Waals surface area contributed by atoms with Crippen LogP contribution in [0.25, 0.3) is 0 Å². The molecule has 0 N–H and O–H groups in total. The summed E-state index contributed by atoms with van der Waals surface area (Å²) in [6.07, 6.45) is -4.81. The molecule has 0 saturated carbocycles. The summed E-state index contributed by atoms with van der Waals surface area (Å²) in [4.78, 5) is -0.291. The van der Waals surface area contributed by atoms with E-state index in [1.807, 2.05) is 0 Å². The van der Waals surface area contributed by atoms with Gasteiger partial charge in [-0.15, -0.1) is 13.2 Å². The van der Waals surface area contributed by atoms with Crippen LogP contribution in [0.1, 0.15) is 0 Å². The molecule has 1 nitrogen and oxygen atoms in total. The molecular weight excluding hydrogens is 309 g/mol. The molecule has 0 heterocycles. The van der Waals surface area contributed by atoms with Crippen molar-refractivity contribution in [3.63, 3.8) is 0 Å². The predicted octanol–water partition coefficient (Wildman–Crippen LogP) is 4.99. The quantitative estimate of drug-likeness (QED) is 0.521. The largest absolute Gasteiger partial charge is 0.488 e. The van der Waals surface area contributed by atoms with E-state index in [-0.39, 0.29) is 15.6 Å². The van der Waals surface area contributed by atoms with Gasteiger partial charge in [-0.05, 0) is 24.3 Å². The second-order valence-electron chi connectivity index (χ2n) is 2.75. The Morgan fingerprint density at radius 1 is 0.938 bits per heavy atom. The van der Waals surface area contributed by atoms with Crippen LogP contribution in [0.2, 0.25) is 5.02 Å². The Balaban J connectivity index is 3.18. The lowest BCUT2D eigenvalue weighted by Crippen LogP contribution is -2.46. The standard InChI is InChI=1S/C8H4Cl4F3N/c9-5-1-3-6(4-2-5)16(7(10,11)12)8(13,14)15/h1-4H. The van der Waals surface area contributed by atoms with E-state index >= 15 is 0 Å². The molecule has 90 valence electrons. The Kier molecular flexibility index (Phi) is 4.11. The minimum Gasteiger partial charge on any atom is -0.238 e. The van der Waals surface area contributed by atoms with E-state index < -0.39 is 10.2 Å². The summed E-state index contributed by atoms with van der Waals surface area (Å²) in [6, 6.07) is 4.76. The molecule has 0 saturated heterocycles. The van der Waals surface area contributed by atoms with Gasteiger partial charge in [0.15, 0.2) is 0 Å². The first-order valence-electron chi connectivity index (χ1n) is 3.82. The number of halogens is 7. The van der Waals surface area contributed by atoms with Gasteiger partial charge in [-0.25, -0.2) is 4.90 Å². The van der Waals surface area contributed by atoms with E-state index in [0.29, 0.717) is 0 Å². The highest BCUT2D eigenvalue weighted by atomic mass is 35.6. The topological polar surface area (TPSA) is 3.24 Å². The van der Waals surface area contributed by atoms with E-state index in [0.717, 1.165) is 12.1 Å². The Morgan fingerprint density at radius 2 is 1.38 bits per heavy atom. The molecule has 0 amide bonds. The smallest absolute Gasteiger partial charge is 0.238 e. The zero-order valence-electron chi connectivity index (χ0n) is 7.40. The summed E-state index contributed by atoms with van der Waals surface area (Å²) in [5.41, 5.74) is -0.308. The highest BCUT2D eigenvalue weighted by Crippen LogP contribution is 2.42. The maximum Gasteiger partial charge on any atom is 0.488 e. The molecule has 0 bridgehead atoms. The number of nitrogens with zero attached hydrogens (tertiary/aromatic N) is 1. The molecule has 0 unspecified atom stereocenters. The van der Waals surface area contributed by atoms with E-state index in [4.69, 9.17) is 46.4 Å². The van der Waals surface area contributed by atoms with Gasteiger partial charge in [0.25, 0.3) is 3.92 Å². The van der Waals surface area contributed by atoms with E-state index in [1.54, 1.807) is 0 Å². The highest BCUT2D eigenvalue weighted by Gasteiger charge is 2.48. The summed E-state index contributed by atoms with van der Waals surface area (Å²) in [5, 5.41) is 0.287. The van der Waals surface area contributed by atoms with E-state index in [1.165, 1.54) is 12.1 Å². The lowest BCUT2D eigenvalue weighted by molar-refractivity contribution is -0.130. The Hall–Kier alpha value is -0.0300. The maximum absolute atomic E-state index is 12.6. The summed E-state index contributed by atoms with van der Waals surface area (Å²) in [7, 11) is 0. The van der Waals surface area contributed by atoms with Crippen LogP contribution < -0.4 is 4.90 Å². The number of anilines is 1. The number of benzene rings is 1. The third-order valence-corrected chi connectivity index (χ3v) is 2.35. The summed E-state index contributed by atoms with van der Waals surface area (Å²) in [5.74, 6) is 0. The van der Waals surface area contributed by atoms with Gasteiger partial charge in [0.1, 0.15) is 0 Å². The summed E-state index contributed by atoms with van der Waals surface area (Å²) < 4.78 is 35.3. The Labute approximate surface area is 110 Å². The lowest BCUT2D eigenvalue weighted by atomic mass is 10.3. The molecule has 0 aliphatic carbocycles. The van der Waals surface area contributed by atoms with Crippen LogP contribution in [0, 0.1) is 0 Å². The zero-order valence-corrected chi connectivity index (χ0v) is 10.4. The van der Waals surface area contributed by atoms with E-state index in [9.17, 15) is 13.2 Å². The number of rotatable bonds is 1. The van der Waals surface area contributed by atoms with Crippen molar-refractivity contribution in [1.82, 2.24) is 0 Å². The van der Waals surface area contributed by atoms with Gasteiger partial charge in [-0.1, -0.05) is 46.4 Å². The molecular formula is C8H4Cl4F3N. The molecule has 0 aliphatic heterocycles. The molecule has 0 aliphatic rings. The fourth-order valence-corrected chi connectivity index (χ4v) is 1.73. The molecule has 1 rings (SSSR count). The monoisotopic (exact) mass is 311 g/mol. The van der Waals surface area contributed by atoms with Gasteiger partial charge in [0.05, 0.1) is 0 Å². The van der Waals surface area contributed by atoms with E-state index in [2.05, 4.69) is 0 Å². The van der Waals surface area contributed by atoms with Crippen molar-refractivity contribution in [2.75, 3.05) is 4.90 Å². The van der Waals surface area contributed by atoms with Crippen molar-refractivity contribution >= 4 is 52.1 Å². The van der Waals surface area contributed by atoms with Gasteiger partial charge < -0.3 is 0 Å². The van der Waals surface area contributed by atoms with Crippen molar-refractivity contribution in [2.45, 2.75) is 10.2 Å². The average molecular weight is 313 g/mol. The minimum atomic E-state index is -4.81. The fraction of sp³-hybridized carbons (Fsp3) is 0.250. The first-order valence-corrected chi connectivity index (χ1v) is 5.33. The first-order chi connectivity index (χ1) is 7.12. The van der Waals surface area contributed by atoms with Crippen LogP contribution in [0.4, 0.5) is 18.9 Å². The van der Waals surface area contributed by atoms with Crippen molar-refractivity contribution in [3.05, 3.63) is 29.3 Å². The molecule has 0 radical (unpaired) electrons. The van der Waals surface area contributed by atoms with Crippen LogP contribution in [0.3, 0.4) is 0 Å². The Morgan fingerprint density at radius 3 is 1.69 bits per heavy atom. The Bertz CT molecular complexity index is 343. The van der Waals surface area contributed by atoms with Crippen molar-refractivity contribution < 1.29 is 13.2 Å². The molecule has 0 spiro atoms. The van der Waals surface area contributed by atoms with Gasteiger partial charge >= 0.3 is 6.30 Å². The third-order valence-electron chi connectivity index (χ3n) is 1.59. The van der Waals surface area contributed by atoms with Crippen LogP contribution in [-0.4, -0.2) is 10.2 Å². The van der Waals surface area contributed by atoms with Crippen molar-refractivity contribution in [1.29, 1.82) is 0 Å². The molecule has 0 aromatic heterocycles. The van der Waals surface area contributed by atoms with Crippen LogP contribution in [0.15, 0.2) is 24.3 Å². The van der Waals surface area contributed by atoms with Crippen LogP contribution in [0.5, 0.6) is 0 Å². The van der Waals surface area contributed by atoms with Crippen molar-refractivity contribution in [2.24, 2.45) is 0 Å². The molecule has 0 atom stereocenters. The molecule has 8 heteroatoms. The number of alkyl halides is 6. The third kappa shape index (κ3) is 3.48. The first kappa shape index (κ1) is 14.0. The maximum atomic E-state index is 12.6. The molecule has 0 fully saturated rings. The fourth-order valence-electron chi connectivity index (χ4n) is 1.03. The number of hydrogen-bond acceptors (Lipinski definition) is 1. The summed E-state index contributed by atoms with van der Waals surface area (Å²) >= 11 is 21.3. The number of hydrogen-bond donors (Lipinski definition) is 0. The van der Waals surface area contributed by atoms with Gasteiger partial charge in [-0.2, -0.15) is 0 Å². The predicted molar refractivity (Wildman–Crippen MR) is 60.3 cm³/mol. The minimum absolute atomic E-state index is 0.287. The average Bonchev–Trinajstić information content (AvgIpc) is 2.03. The second-order valence-corrected chi connectivity index (χ2v) is 5.41. The van der Waals surface area contributed by atoms with Crippen LogP contribution in [-0.2, 0) is 0 Å². The normalized spacial score (nSPS) is 12.7. The summed E-state index contributed by atoms with van der Waals surface area (Å²) in [6.45, 7) is 0. The molecule has 1 aromatic carbocycles. The van der Waals surface area contributed by atoms with Crippen LogP contribution >= 0.6 is 46.4 Å².